The van der Waals surface area contributed by atoms with Crippen LogP contribution < -0.4 is 5.32 Å². The van der Waals surface area contributed by atoms with Crippen molar-refractivity contribution >= 4 is 0 Å². The van der Waals surface area contributed by atoms with Gasteiger partial charge in [-0.25, -0.2) is 0 Å². The lowest BCUT2D eigenvalue weighted by Gasteiger charge is -2.24. The molecule has 0 saturated carbocycles. The van der Waals surface area contributed by atoms with Crippen molar-refractivity contribution < 1.29 is 4.74 Å². The van der Waals surface area contributed by atoms with Crippen molar-refractivity contribution in [2.75, 3.05) is 13.7 Å². The molecular formula is C11H25NO. The maximum Gasteiger partial charge on any atom is 0.0623 e. The van der Waals surface area contributed by atoms with Crippen LogP contribution in [0, 0.1) is 0 Å². The van der Waals surface area contributed by atoms with Gasteiger partial charge in [-0.3, -0.25) is 0 Å². The Bertz CT molecular complexity index is 123. The van der Waals surface area contributed by atoms with Crippen LogP contribution in [0.3, 0.4) is 0 Å². The maximum absolute atomic E-state index is 5.36. The highest BCUT2D eigenvalue weighted by Gasteiger charge is 2.16. The number of hydrogen-bond acceptors (Lipinski definition) is 2. The number of methoxy groups -OCH3 is 1. The van der Waals surface area contributed by atoms with E-state index in [1.54, 1.807) is 7.11 Å². The molecule has 0 fully saturated rings. The van der Waals surface area contributed by atoms with Gasteiger partial charge in [-0.15, -0.1) is 0 Å². The summed E-state index contributed by atoms with van der Waals surface area (Å²) >= 11 is 0. The Balaban J connectivity index is 3.51. The summed E-state index contributed by atoms with van der Waals surface area (Å²) in [6.07, 6.45) is 3.50. The third-order valence-corrected chi connectivity index (χ3v) is 2.47. The second-order valence-electron chi connectivity index (χ2n) is 4.36. The fourth-order valence-electron chi connectivity index (χ4n) is 1.16. The lowest BCUT2D eigenvalue weighted by atomic mass is 9.99. The Morgan fingerprint density at radius 3 is 2.46 bits per heavy atom. The molecule has 13 heavy (non-hydrogen) atoms. The summed E-state index contributed by atoms with van der Waals surface area (Å²) in [5, 5.41) is 3.47. The number of ether oxygens (including phenoxy) is 1. The molecule has 0 aromatic heterocycles. The van der Waals surface area contributed by atoms with Crippen LogP contribution in [-0.4, -0.2) is 25.3 Å². The minimum Gasteiger partial charge on any atom is -0.379 e. The van der Waals surface area contributed by atoms with Gasteiger partial charge in [0.25, 0.3) is 0 Å². The molecule has 1 unspecified atom stereocenters. The predicted molar refractivity (Wildman–Crippen MR) is 58.1 cm³/mol. The molecule has 0 aromatic rings. The molecule has 0 aliphatic rings. The number of hydrogen-bond donors (Lipinski definition) is 1. The van der Waals surface area contributed by atoms with Crippen LogP contribution in [0.1, 0.15) is 47.0 Å². The van der Waals surface area contributed by atoms with Gasteiger partial charge in [0, 0.05) is 13.2 Å². The first kappa shape index (κ1) is 12.9. The minimum absolute atomic E-state index is 0.0299. The van der Waals surface area contributed by atoms with Crippen LogP contribution in [0.15, 0.2) is 0 Å². The van der Waals surface area contributed by atoms with E-state index in [9.17, 15) is 0 Å². The van der Waals surface area contributed by atoms with Crippen LogP contribution in [0.5, 0.6) is 0 Å². The van der Waals surface area contributed by atoms with Gasteiger partial charge in [-0.1, -0.05) is 6.92 Å². The third-order valence-electron chi connectivity index (χ3n) is 2.47. The summed E-state index contributed by atoms with van der Waals surface area (Å²) in [5.41, 5.74) is 0.0299. The molecule has 1 N–H and O–H groups in total. The van der Waals surface area contributed by atoms with Crippen molar-refractivity contribution in [3.63, 3.8) is 0 Å². The van der Waals surface area contributed by atoms with Crippen LogP contribution in [0.25, 0.3) is 0 Å². The quantitative estimate of drug-likeness (QED) is 0.661. The molecule has 80 valence electrons. The van der Waals surface area contributed by atoms with Gasteiger partial charge in [-0.05, 0) is 46.6 Å². The van der Waals surface area contributed by atoms with E-state index in [1.807, 2.05) is 0 Å². The van der Waals surface area contributed by atoms with E-state index in [1.165, 1.54) is 12.8 Å². The highest BCUT2D eigenvalue weighted by Crippen LogP contribution is 2.16. The summed E-state index contributed by atoms with van der Waals surface area (Å²) in [6.45, 7) is 9.83. The van der Waals surface area contributed by atoms with Gasteiger partial charge in [-0.2, -0.15) is 0 Å². The molecular weight excluding hydrogens is 162 g/mol. The van der Waals surface area contributed by atoms with Gasteiger partial charge >= 0.3 is 0 Å². The third kappa shape index (κ3) is 7.03. The monoisotopic (exact) mass is 187 g/mol. The largest absolute Gasteiger partial charge is 0.379 e. The molecule has 0 rings (SSSR count). The second-order valence-corrected chi connectivity index (χ2v) is 4.36. The number of nitrogens with one attached hydrogen (secondary N) is 1. The van der Waals surface area contributed by atoms with Crippen molar-refractivity contribution in [1.29, 1.82) is 0 Å². The van der Waals surface area contributed by atoms with Crippen LogP contribution in [0.2, 0.25) is 0 Å². The molecule has 0 aromatic carbocycles. The molecule has 0 aliphatic heterocycles. The molecule has 1 atom stereocenters. The van der Waals surface area contributed by atoms with Crippen molar-refractivity contribution in [1.82, 2.24) is 5.32 Å². The maximum atomic E-state index is 5.36. The van der Waals surface area contributed by atoms with E-state index in [-0.39, 0.29) is 5.60 Å². The topological polar surface area (TPSA) is 21.3 Å². The summed E-state index contributed by atoms with van der Waals surface area (Å²) in [7, 11) is 1.78. The fourth-order valence-corrected chi connectivity index (χ4v) is 1.16. The minimum atomic E-state index is 0.0299. The Morgan fingerprint density at radius 2 is 2.00 bits per heavy atom. The average molecular weight is 187 g/mol. The fraction of sp³-hybridized carbons (Fsp3) is 1.00. The van der Waals surface area contributed by atoms with Gasteiger partial charge < -0.3 is 10.1 Å². The standard InChI is InChI=1S/C11H25NO/c1-6-9-12-10(2)7-8-11(3,4)13-5/h10,12H,6-9H2,1-5H3. The van der Waals surface area contributed by atoms with Crippen molar-refractivity contribution in [3.05, 3.63) is 0 Å². The van der Waals surface area contributed by atoms with E-state index in [2.05, 4.69) is 33.0 Å². The first-order valence-corrected chi connectivity index (χ1v) is 5.30. The van der Waals surface area contributed by atoms with E-state index < -0.39 is 0 Å². The van der Waals surface area contributed by atoms with Crippen molar-refractivity contribution in [3.8, 4) is 0 Å². The van der Waals surface area contributed by atoms with Gasteiger partial charge in [0.1, 0.15) is 0 Å². The Kier molecular flexibility index (Phi) is 6.35. The first-order chi connectivity index (χ1) is 6.02. The van der Waals surface area contributed by atoms with Crippen molar-refractivity contribution in [2.45, 2.75) is 58.6 Å². The molecule has 2 nitrogen and oxygen atoms in total. The summed E-state index contributed by atoms with van der Waals surface area (Å²) < 4.78 is 5.36. The Labute approximate surface area is 83.1 Å². The molecule has 0 bridgehead atoms. The molecule has 0 radical (unpaired) electrons. The highest BCUT2D eigenvalue weighted by atomic mass is 16.5. The van der Waals surface area contributed by atoms with E-state index in [0.29, 0.717) is 6.04 Å². The SMILES string of the molecule is CCCNC(C)CCC(C)(C)OC. The van der Waals surface area contributed by atoms with E-state index >= 15 is 0 Å². The molecule has 0 aliphatic carbocycles. The Hall–Kier alpha value is -0.0800. The summed E-state index contributed by atoms with van der Waals surface area (Å²) in [5.74, 6) is 0. The Morgan fingerprint density at radius 1 is 1.38 bits per heavy atom. The summed E-state index contributed by atoms with van der Waals surface area (Å²) in [4.78, 5) is 0. The molecule has 0 heterocycles. The normalized spacial score (nSPS) is 14.5. The lowest BCUT2D eigenvalue weighted by Crippen LogP contribution is -2.30. The number of rotatable bonds is 7. The summed E-state index contributed by atoms with van der Waals surface area (Å²) in [6, 6.07) is 0.606. The van der Waals surface area contributed by atoms with E-state index in [4.69, 9.17) is 4.74 Å². The zero-order valence-corrected chi connectivity index (χ0v) is 9.81. The predicted octanol–water partition coefficient (Wildman–Crippen LogP) is 2.58. The van der Waals surface area contributed by atoms with Crippen LogP contribution in [0.4, 0.5) is 0 Å². The second kappa shape index (κ2) is 6.39. The molecule has 0 saturated heterocycles. The van der Waals surface area contributed by atoms with Crippen LogP contribution >= 0.6 is 0 Å². The highest BCUT2D eigenvalue weighted by molar-refractivity contribution is 4.71. The molecule has 0 amide bonds. The molecule has 0 spiro atoms. The zero-order valence-electron chi connectivity index (χ0n) is 9.81. The molecule has 2 heteroatoms. The zero-order chi connectivity index (χ0) is 10.3. The van der Waals surface area contributed by atoms with E-state index in [0.717, 1.165) is 13.0 Å². The van der Waals surface area contributed by atoms with Gasteiger partial charge in [0.2, 0.25) is 0 Å². The van der Waals surface area contributed by atoms with Gasteiger partial charge in [0.15, 0.2) is 0 Å². The average Bonchev–Trinajstić information content (AvgIpc) is 2.11. The smallest absolute Gasteiger partial charge is 0.0623 e. The van der Waals surface area contributed by atoms with Crippen molar-refractivity contribution in [2.24, 2.45) is 0 Å². The first-order valence-electron chi connectivity index (χ1n) is 5.30. The lowest BCUT2D eigenvalue weighted by molar-refractivity contribution is 0.0121. The van der Waals surface area contributed by atoms with Crippen LogP contribution in [-0.2, 0) is 4.74 Å². The van der Waals surface area contributed by atoms with Gasteiger partial charge in [0.05, 0.1) is 5.60 Å².